The standard InChI is InChI=1S/C12H13F2NO3/c1-7(5-6-10(16)17)15-12(18)8-3-2-4-9(13)11(8)14/h2-4,7H,5-6H2,1H3,(H,15,18)(H,16,17). The van der Waals surface area contributed by atoms with Crippen molar-refractivity contribution in [1.82, 2.24) is 5.32 Å². The van der Waals surface area contributed by atoms with Crippen LogP contribution in [0.15, 0.2) is 18.2 Å². The summed E-state index contributed by atoms with van der Waals surface area (Å²) in [5.41, 5.74) is -0.392. The van der Waals surface area contributed by atoms with Gasteiger partial charge in [0.05, 0.1) is 5.56 Å². The van der Waals surface area contributed by atoms with Gasteiger partial charge in [0, 0.05) is 12.5 Å². The van der Waals surface area contributed by atoms with Crippen LogP contribution in [0.2, 0.25) is 0 Å². The van der Waals surface area contributed by atoms with Crippen LogP contribution in [0.3, 0.4) is 0 Å². The molecule has 0 radical (unpaired) electrons. The Bertz CT molecular complexity index is 463. The molecule has 1 aromatic rings. The highest BCUT2D eigenvalue weighted by atomic mass is 19.2. The molecule has 1 unspecified atom stereocenters. The molecule has 6 heteroatoms. The van der Waals surface area contributed by atoms with Gasteiger partial charge in [-0.3, -0.25) is 9.59 Å². The lowest BCUT2D eigenvalue weighted by molar-refractivity contribution is -0.137. The molecule has 0 bridgehead atoms. The van der Waals surface area contributed by atoms with Gasteiger partial charge >= 0.3 is 5.97 Å². The molecule has 0 saturated heterocycles. The molecule has 0 aliphatic heterocycles. The van der Waals surface area contributed by atoms with Crippen molar-refractivity contribution >= 4 is 11.9 Å². The van der Waals surface area contributed by atoms with E-state index in [-0.39, 0.29) is 12.8 Å². The second-order valence-corrected chi connectivity index (χ2v) is 3.91. The molecular weight excluding hydrogens is 244 g/mol. The molecule has 0 aliphatic rings. The van der Waals surface area contributed by atoms with Gasteiger partial charge in [-0.25, -0.2) is 8.78 Å². The minimum Gasteiger partial charge on any atom is -0.481 e. The zero-order valence-corrected chi connectivity index (χ0v) is 9.74. The van der Waals surface area contributed by atoms with Gasteiger partial charge in [-0.2, -0.15) is 0 Å². The van der Waals surface area contributed by atoms with Crippen LogP contribution in [0.5, 0.6) is 0 Å². The molecule has 2 N–H and O–H groups in total. The van der Waals surface area contributed by atoms with Gasteiger partial charge in [-0.1, -0.05) is 6.07 Å². The highest BCUT2D eigenvalue weighted by molar-refractivity contribution is 5.94. The third-order valence-electron chi connectivity index (χ3n) is 2.36. The summed E-state index contributed by atoms with van der Waals surface area (Å²) in [5.74, 6) is -4.04. The minimum atomic E-state index is -1.21. The molecule has 1 aromatic carbocycles. The minimum absolute atomic E-state index is 0.104. The monoisotopic (exact) mass is 257 g/mol. The van der Waals surface area contributed by atoms with Gasteiger partial charge in [-0.15, -0.1) is 0 Å². The summed E-state index contributed by atoms with van der Waals surface area (Å²) in [4.78, 5) is 21.9. The number of carboxylic acids is 1. The smallest absolute Gasteiger partial charge is 0.303 e. The van der Waals surface area contributed by atoms with E-state index < -0.39 is 35.1 Å². The fourth-order valence-electron chi connectivity index (χ4n) is 1.39. The normalized spacial score (nSPS) is 11.9. The van der Waals surface area contributed by atoms with Gasteiger partial charge in [-0.05, 0) is 25.5 Å². The first-order valence-electron chi connectivity index (χ1n) is 5.38. The number of carboxylic acid groups (broad SMARTS) is 1. The molecule has 98 valence electrons. The Kier molecular flexibility index (Phi) is 4.76. The maximum Gasteiger partial charge on any atom is 0.303 e. The van der Waals surface area contributed by atoms with E-state index in [4.69, 9.17) is 5.11 Å². The molecule has 1 amide bonds. The number of amides is 1. The van der Waals surface area contributed by atoms with E-state index in [0.717, 1.165) is 12.1 Å². The lowest BCUT2D eigenvalue weighted by Crippen LogP contribution is -2.33. The molecular formula is C12H13F2NO3. The number of hydrogen-bond donors (Lipinski definition) is 2. The number of benzene rings is 1. The quantitative estimate of drug-likeness (QED) is 0.847. The molecule has 4 nitrogen and oxygen atoms in total. The van der Waals surface area contributed by atoms with Crippen LogP contribution in [-0.2, 0) is 4.79 Å². The molecule has 0 aliphatic carbocycles. The van der Waals surface area contributed by atoms with E-state index in [1.807, 2.05) is 0 Å². The Morgan fingerprint density at radius 2 is 2.06 bits per heavy atom. The first-order valence-corrected chi connectivity index (χ1v) is 5.38. The number of nitrogens with one attached hydrogen (secondary N) is 1. The van der Waals surface area contributed by atoms with Crippen LogP contribution >= 0.6 is 0 Å². The van der Waals surface area contributed by atoms with Crippen molar-refractivity contribution < 1.29 is 23.5 Å². The molecule has 18 heavy (non-hydrogen) atoms. The van der Waals surface area contributed by atoms with Gasteiger partial charge in [0.2, 0.25) is 0 Å². The lowest BCUT2D eigenvalue weighted by atomic mass is 10.1. The maximum absolute atomic E-state index is 13.3. The van der Waals surface area contributed by atoms with Crippen molar-refractivity contribution in [1.29, 1.82) is 0 Å². The molecule has 0 fully saturated rings. The SMILES string of the molecule is CC(CCC(=O)O)NC(=O)c1cccc(F)c1F. The first kappa shape index (κ1) is 14.1. The highest BCUT2D eigenvalue weighted by Gasteiger charge is 2.16. The number of carbonyl (C=O) groups excluding carboxylic acids is 1. The fourth-order valence-corrected chi connectivity index (χ4v) is 1.39. The second kappa shape index (κ2) is 6.09. The van der Waals surface area contributed by atoms with Crippen LogP contribution < -0.4 is 5.32 Å². The summed E-state index contributed by atoms with van der Waals surface area (Å²) in [5, 5.41) is 10.9. The van der Waals surface area contributed by atoms with Crippen LogP contribution in [0, 0.1) is 11.6 Å². The zero-order valence-electron chi connectivity index (χ0n) is 9.74. The van der Waals surface area contributed by atoms with Crippen molar-refractivity contribution in [3.8, 4) is 0 Å². The third kappa shape index (κ3) is 3.80. The lowest BCUT2D eigenvalue weighted by Gasteiger charge is -2.13. The summed E-state index contributed by atoms with van der Waals surface area (Å²) in [7, 11) is 0. The summed E-state index contributed by atoms with van der Waals surface area (Å²) in [6, 6.07) is 2.88. The summed E-state index contributed by atoms with van der Waals surface area (Å²) in [6.07, 6.45) is 0.116. The summed E-state index contributed by atoms with van der Waals surface area (Å²) < 4.78 is 26.2. The molecule has 1 atom stereocenters. The Balaban J connectivity index is 2.65. The van der Waals surface area contributed by atoms with Crippen molar-refractivity contribution in [2.24, 2.45) is 0 Å². The van der Waals surface area contributed by atoms with Crippen LogP contribution in [-0.4, -0.2) is 23.0 Å². The number of carbonyl (C=O) groups is 2. The van der Waals surface area contributed by atoms with E-state index in [2.05, 4.69) is 5.32 Å². The van der Waals surface area contributed by atoms with Crippen molar-refractivity contribution in [2.75, 3.05) is 0 Å². The summed E-state index contributed by atoms with van der Waals surface area (Å²) in [6.45, 7) is 1.60. The molecule has 0 spiro atoms. The van der Waals surface area contributed by atoms with E-state index in [1.54, 1.807) is 6.92 Å². The highest BCUT2D eigenvalue weighted by Crippen LogP contribution is 2.11. The Morgan fingerprint density at radius 1 is 1.39 bits per heavy atom. The predicted octanol–water partition coefficient (Wildman–Crippen LogP) is 1.95. The predicted molar refractivity (Wildman–Crippen MR) is 60.2 cm³/mol. The van der Waals surface area contributed by atoms with Crippen LogP contribution in [0.1, 0.15) is 30.1 Å². The molecule has 0 heterocycles. The average Bonchev–Trinajstić information content (AvgIpc) is 2.30. The van der Waals surface area contributed by atoms with E-state index in [9.17, 15) is 18.4 Å². The number of rotatable bonds is 5. The second-order valence-electron chi connectivity index (χ2n) is 3.91. The molecule has 0 saturated carbocycles. The molecule has 0 aromatic heterocycles. The van der Waals surface area contributed by atoms with E-state index in [1.165, 1.54) is 6.07 Å². The first-order chi connectivity index (χ1) is 8.41. The number of aliphatic carboxylic acids is 1. The number of halogens is 2. The van der Waals surface area contributed by atoms with Gasteiger partial charge in [0.15, 0.2) is 11.6 Å². The van der Waals surface area contributed by atoms with Gasteiger partial charge in [0.1, 0.15) is 0 Å². The van der Waals surface area contributed by atoms with E-state index >= 15 is 0 Å². The van der Waals surface area contributed by atoms with Crippen molar-refractivity contribution in [3.63, 3.8) is 0 Å². The maximum atomic E-state index is 13.3. The third-order valence-corrected chi connectivity index (χ3v) is 2.36. The Labute approximate surface area is 103 Å². The molecule has 1 rings (SSSR count). The van der Waals surface area contributed by atoms with E-state index in [0.29, 0.717) is 0 Å². The van der Waals surface area contributed by atoms with Crippen LogP contribution in [0.4, 0.5) is 8.78 Å². The topological polar surface area (TPSA) is 66.4 Å². The Morgan fingerprint density at radius 3 is 2.67 bits per heavy atom. The Hall–Kier alpha value is -1.98. The fraction of sp³-hybridized carbons (Fsp3) is 0.333. The van der Waals surface area contributed by atoms with Crippen molar-refractivity contribution in [2.45, 2.75) is 25.8 Å². The van der Waals surface area contributed by atoms with Crippen molar-refractivity contribution in [3.05, 3.63) is 35.4 Å². The van der Waals surface area contributed by atoms with Crippen LogP contribution in [0.25, 0.3) is 0 Å². The summed E-state index contributed by atoms with van der Waals surface area (Å²) >= 11 is 0. The largest absolute Gasteiger partial charge is 0.481 e. The van der Waals surface area contributed by atoms with Gasteiger partial charge < -0.3 is 10.4 Å². The average molecular weight is 257 g/mol. The zero-order chi connectivity index (χ0) is 13.7. The van der Waals surface area contributed by atoms with Gasteiger partial charge in [0.25, 0.3) is 5.91 Å². The number of hydrogen-bond acceptors (Lipinski definition) is 2.